The second-order valence-corrected chi connectivity index (χ2v) is 5.95. The number of nitrogens with zero attached hydrogens (tertiary/aromatic N) is 1. The number of nitrogens with one attached hydrogen (secondary N) is 1. The maximum atomic E-state index is 12.4. The van der Waals surface area contributed by atoms with E-state index in [1.54, 1.807) is 0 Å². The van der Waals surface area contributed by atoms with Crippen molar-refractivity contribution in [3.8, 4) is 0 Å². The van der Waals surface area contributed by atoms with Crippen LogP contribution in [0.15, 0.2) is 30.3 Å². The fourth-order valence-electron chi connectivity index (χ4n) is 3.12. The van der Waals surface area contributed by atoms with Crippen molar-refractivity contribution in [2.45, 2.75) is 51.4 Å². The molecule has 1 aliphatic carbocycles. The van der Waals surface area contributed by atoms with Crippen LogP contribution >= 0.6 is 0 Å². The van der Waals surface area contributed by atoms with Gasteiger partial charge in [-0.3, -0.25) is 10.1 Å². The van der Waals surface area contributed by atoms with E-state index in [4.69, 9.17) is 0 Å². The molecule has 19 heavy (non-hydrogen) atoms. The lowest BCUT2D eigenvalue weighted by molar-refractivity contribution is -0.130. The Morgan fingerprint density at radius 1 is 1.26 bits per heavy atom. The molecule has 1 aliphatic heterocycles. The standard InChI is InChI=1S/C16H22N2O/c1-11-10-15(11)18-12(2)17-14(16(18)19)9-8-13-6-4-3-5-7-13/h3-7,11-12,14-15,17H,8-10H2,1-2H3. The largest absolute Gasteiger partial charge is 0.323 e. The first-order chi connectivity index (χ1) is 9.16. The van der Waals surface area contributed by atoms with Crippen molar-refractivity contribution in [3.63, 3.8) is 0 Å². The van der Waals surface area contributed by atoms with Gasteiger partial charge in [0.15, 0.2) is 0 Å². The fraction of sp³-hybridized carbons (Fsp3) is 0.562. The highest BCUT2D eigenvalue weighted by molar-refractivity contribution is 5.85. The number of benzene rings is 1. The molecule has 0 aromatic heterocycles. The van der Waals surface area contributed by atoms with Crippen LogP contribution in [0.5, 0.6) is 0 Å². The molecule has 4 unspecified atom stereocenters. The summed E-state index contributed by atoms with van der Waals surface area (Å²) in [6.45, 7) is 4.33. The Morgan fingerprint density at radius 3 is 2.58 bits per heavy atom. The molecule has 1 saturated carbocycles. The topological polar surface area (TPSA) is 32.3 Å². The quantitative estimate of drug-likeness (QED) is 0.897. The molecule has 3 heteroatoms. The van der Waals surface area contributed by atoms with Crippen molar-refractivity contribution in [2.75, 3.05) is 0 Å². The highest BCUT2D eigenvalue weighted by atomic mass is 16.2. The zero-order chi connectivity index (χ0) is 13.4. The minimum absolute atomic E-state index is 0.00278. The zero-order valence-electron chi connectivity index (χ0n) is 11.7. The molecule has 1 aromatic rings. The molecule has 1 heterocycles. The van der Waals surface area contributed by atoms with Crippen LogP contribution in [0.4, 0.5) is 0 Å². The molecule has 2 fully saturated rings. The van der Waals surface area contributed by atoms with Crippen molar-refractivity contribution in [2.24, 2.45) is 5.92 Å². The summed E-state index contributed by atoms with van der Waals surface area (Å²) < 4.78 is 0. The van der Waals surface area contributed by atoms with Crippen molar-refractivity contribution in [1.29, 1.82) is 0 Å². The normalized spacial score (nSPS) is 33.8. The Kier molecular flexibility index (Phi) is 3.31. The second-order valence-electron chi connectivity index (χ2n) is 5.95. The molecule has 102 valence electrons. The SMILES string of the molecule is CC1CC1N1C(=O)C(CCc2ccccc2)NC1C. The van der Waals surface area contributed by atoms with E-state index in [1.807, 2.05) is 6.07 Å². The highest BCUT2D eigenvalue weighted by Crippen LogP contribution is 2.38. The highest BCUT2D eigenvalue weighted by Gasteiger charge is 2.48. The van der Waals surface area contributed by atoms with E-state index in [1.165, 1.54) is 12.0 Å². The third-order valence-corrected chi connectivity index (χ3v) is 4.40. The van der Waals surface area contributed by atoms with Crippen LogP contribution in [0, 0.1) is 5.92 Å². The second kappa shape index (κ2) is 4.97. The smallest absolute Gasteiger partial charge is 0.241 e. The summed E-state index contributed by atoms with van der Waals surface area (Å²) >= 11 is 0. The van der Waals surface area contributed by atoms with Gasteiger partial charge in [0.1, 0.15) is 0 Å². The summed E-state index contributed by atoms with van der Waals surface area (Å²) in [5.41, 5.74) is 1.31. The van der Waals surface area contributed by atoms with Crippen molar-refractivity contribution in [1.82, 2.24) is 10.2 Å². The number of carbonyl (C=O) groups excluding carboxylic acids is 1. The lowest BCUT2D eigenvalue weighted by Gasteiger charge is -2.20. The van der Waals surface area contributed by atoms with Crippen molar-refractivity contribution >= 4 is 5.91 Å². The average molecular weight is 258 g/mol. The molecule has 0 spiro atoms. The number of carbonyl (C=O) groups is 1. The molecule has 1 amide bonds. The van der Waals surface area contributed by atoms with Crippen LogP contribution in [0.25, 0.3) is 0 Å². The number of rotatable bonds is 4. The summed E-state index contributed by atoms with van der Waals surface area (Å²) in [7, 11) is 0. The molecule has 3 nitrogen and oxygen atoms in total. The zero-order valence-corrected chi connectivity index (χ0v) is 11.7. The summed E-state index contributed by atoms with van der Waals surface area (Å²) in [5.74, 6) is 0.985. The number of aryl methyl sites for hydroxylation is 1. The van der Waals surface area contributed by atoms with Gasteiger partial charge in [-0.25, -0.2) is 0 Å². The molecule has 1 aromatic carbocycles. The van der Waals surface area contributed by atoms with Gasteiger partial charge in [-0.15, -0.1) is 0 Å². The molecule has 0 bridgehead atoms. The molecule has 1 N–H and O–H groups in total. The first-order valence-corrected chi connectivity index (χ1v) is 7.29. The Morgan fingerprint density at radius 2 is 1.95 bits per heavy atom. The first kappa shape index (κ1) is 12.7. The Bertz CT molecular complexity index is 459. The van der Waals surface area contributed by atoms with Gasteiger partial charge in [0.2, 0.25) is 5.91 Å². The van der Waals surface area contributed by atoms with E-state index >= 15 is 0 Å². The minimum atomic E-state index is 0.00278. The van der Waals surface area contributed by atoms with E-state index in [0.29, 0.717) is 17.9 Å². The van der Waals surface area contributed by atoms with Crippen LogP contribution in [-0.2, 0) is 11.2 Å². The van der Waals surface area contributed by atoms with Gasteiger partial charge in [-0.1, -0.05) is 37.3 Å². The van der Waals surface area contributed by atoms with Crippen molar-refractivity contribution in [3.05, 3.63) is 35.9 Å². The van der Waals surface area contributed by atoms with E-state index in [0.717, 1.165) is 12.8 Å². The number of amides is 1. The van der Waals surface area contributed by atoms with Gasteiger partial charge < -0.3 is 4.90 Å². The average Bonchev–Trinajstić information content (AvgIpc) is 3.04. The predicted octanol–water partition coefficient (Wildman–Crippen LogP) is 2.17. The van der Waals surface area contributed by atoms with Crippen LogP contribution < -0.4 is 5.32 Å². The Hall–Kier alpha value is -1.35. The molecule has 1 saturated heterocycles. The van der Waals surface area contributed by atoms with E-state index < -0.39 is 0 Å². The molecular weight excluding hydrogens is 236 g/mol. The third kappa shape index (κ3) is 2.52. The van der Waals surface area contributed by atoms with Gasteiger partial charge in [0, 0.05) is 6.04 Å². The monoisotopic (exact) mass is 258 g/mol. The van der Waals surface area contributed by atoms with Gasteiger partial charge in [-0.05, 0) is 37.7 Å². The molecule has 2 aliphatic rings. The lowest BCUT2D eigenvalue weighted by Crippen LogP contribution is -2.37. The van der Waals surface area contributed by atoms with E-state index in [9.17, 15) is 4.79 Å². The summed E-state index contributed by atoms with van der Waals surface area (Å²) in [5, 5.41) is 3.44. The first-order valence-electron chi connectivity index (χ1n) is 7.29. The molecule has 3 rings (SSSR count). The number of hydrogen-bond donors (Lipinski definition) is 1. The number of hydrogen-bond acceptors (Lipinski definition) is 2. The Labute approximate surface area is 115 Å². The van der Waals surface area contributed by atoms with Crippen LogP contribution in [0.1, 0.15) is 32.3 Å². The molecule has 0 radical (unpaired) electrons. The third-order valence-electron chi connectivity index (χ3n) is 4.40. The summed E-state index contributed by atoms with van der Waals surface area (Å²) in [4.78, 5) is 14.5. The minimum Gasteiger partial charge on any atom is -0.323 e. The predicted molar refractivity (Wildman–Crippen MR) is 75.6 cm³/mol. The fourth-order valence-corrected chi connectivity index (χ4v) is 3.12. The summed E-state index contributed by atoms with van der Waals surface area (Å²) in [6, 6.07) is 10.9. The van der Waals surface area contributed by atoms with Crippen molar-refractivity contribution < 1.29 is 4.79 Å². The van der Waals surface area contributed by atoms with Crippen LogP contribution in [-0.4, -0.2) is 29.1 Å². The van der Waals surface area contributed by atoms with E-state index in [2.05, 4.69) is 48.3 Å². The maximum absolute atomic E-state index is 12.4. The van der Waals surface area contributed by atoms with Gasteiger partial charge in [-0.2, -0.15) is 0 Å². The van der Waals surface area contributed by atoms with Crippen LogP contribution in [0.2, 0.25) is 0 Å². The maximum Gasteiger partial charge on any atom is 0.241 e. The molecular formula is C16H22N2O. The van der Waals surface area contributed by atoms with E-state index in [-0.39, 0.29) is 12.2 Å². The lowest BCUT2D eigenvalue weighted by atomic mass is 10.1. The van der Waals surface area contributed by atoms with Gasteiger partial charge in [0.25, 0.3) is 0 Å². The summed E-state index contributed by atoms with van der Waals surface area (Å²) in [6.07, 6.45) is 3.22. The Balaban J connectivity index is 1.59. The molecule has 4 atom stereocenters. The van der Waals surface area contributed by atoms with Gasteiger partial charge in [0.05, 0.1) is 12.2 Å². The van der Waals surface area contributed by atoms with Gasteiger partial charge >= 0.3 is 0 Å². The van der Waals surface area contributed by atoms with Crippen LogP contribution in [0.3, 0.4) is 0 Å².